The quantitative estimate of drug-likeness (QED) is 0.609. The molecule has 0 unspecified atom stereocenters. The summed E-state index contributed by atoms with van der Waals surface area (Å²) in [4.78, 5) is 27.9. The third-order valence-corrected chi connectivity index (χ3v) is 3.25. The van der Waals surface area contributed by atoms with E-state index in [0.717, 1.165) is 0 Å². The van der Waals surface area contributed by atoms with Crippen LogP contribution >= 0.6 is 0 Å². The zero-order valence-electron chi connectivity index (χ0n) is 13.7. The Kier molecular flexibility index (Phi) is 5.91. The van der Waals surface area contributed by atoms with Crippen LogP contribution in [0.4, 0.5) is 5.69 Å². The topological polar surface area (TPSA) is 91.7 Å². The molecular weight excluding hydrogens is 314 g/mol. The predicted molar refractivity (Wildman–Crippen MR) is 86.3 cm³/mol. The summed E-state index contributed by atoms with van der Waals surface area (Å²) in [5.41, 5.74) is 1.16. The maximum absolute atomic E-state index is 12.3. The number of methoxy groups -OCH3 is 2. The van der Waals surface area contributed by atoms with E-state index in [2.05, 4.69) is 10.3 Å². The molecule has 24 heavy (non-hydrogen) atoms. The molecule has 2 rings (SSSR count). The molecule has 1 aromatic carbocycles. The van der Waals surface area contributed by atoms with Gasteiger partial charge >= 0.3 is 5.97 Å². The Bertz CT molecular complexity index is 726. The molecule has 0 aliphatic carbocycles. The number of amides is 1. The number of carbonyl (C=O) groups is 2. The van der Waals surface area contributed by atoms with Gasteiger partial charge < -0.3 is 24.1 Å². The van der Waals surface area contributed by atoms with Crippen molar-refractivity contribution in [2.45, 2.75) is 0 Å². The van der Waals surface area contributed by atoms with Crippen molar-refractivity contribution in [3.05, 3.63) is 42.0 Å². The Balaban J connectivity index is 2.24. The second-order valence-corrected chi connectivity index (χ2v) is 4.89. The van der Waals surface area contributed by atoms with Crippen molar-refractivity contribution in [1.82, 2.24) is 9.55 Å². The van der Waals surface area contributed by atoms with E-state index in [1.54, 1.807) is 30.9 Å². The SMILES string of the molecule is COCCOc1cc(C(=O)OC)ccc1NC(=O)c1cncn1C. The highest BCUT2D eigenvalue weighted by atomic mass is 16.5. The predicted octanol–water partition coefficient (Wildman–Crippen LogP) is 1.48. The second kappa shape index (κ2) is 8.11. The molecule has 128 valence electrons. The van der Waals surface area contributed by atoms with Gasteiger partial charge in [-0.3, -0.25) is 4.79 Å². The zero-order chi connectivity index (χ0) is 17.5. The number of aromatic nitrogens is 2. The monoisotopic (exact) mass is 333 g/mol. The number of hydrogen-bond acceptors (Lipinski definition) is 6. The molecule has 1 amide bonds. The lowest BCUT2D eigenvalue weighted by molar-refractivity contribution is 0.0600. The summed E-state index contributed by atoms with van der Waals surface area (Å²) in [5.74, 6) is -0.473. The summed E-state index contributed by atoms with van der Waals surface area (Å²) in [6, 6.07) is 4.65. The van der Waals surface area contributed by atoms with Gasteiger partial charge in [-0.05, 0) is 18.2 Å². The molecule has 0 aliphatic rings. The third kappa shape index (κ3) is 4.11. The number of ether oxygens (including phenoxy) is 3. The maximum atomic E-state index is 12.3. The molecule has 0 atom stereocenters. The highest BCUT2D eigenvalue weighted by molar-refractivity contribution is 6.04. The molecule has 0 saturated carbocycles. The Labute approximate surface area is 139 Å². The molecule has 8 nitrogen and oxygen atoms in total. The van der Waals surface area contributed by atoms with Crippen LogP contribution in [-0.4, -0.2) is 48.9 Å². The lowest BCUT2D eigenvalue weighted by Crippen LogP contribution is -2.17. The minimum absolute atomic E-state index is 0.274. The summed E-state index contributed by atoms with van der Waals surface area (Å²) in [5, 5.41) is 2.75. The first-order valence-corrected chi connectivity index (χ1v) is 7.18. The summed E-state index contributed by atoms with van der Waals surface area (Å²) in [6.07, 6.45) is 2.99. The van der Waals surface area contributed by atoms with Crippen LogP contribution in [0.25, 0.3) is 0 Å². The summed E-state index contributed by atoms with van der Waals surface area (Å²) in [6.45, 7) is 0.646. The van der Waals surface area contributed by atoms with Gasteiger partial charge in [0.2, 0.25) is 0 Å². The molecule has 0 aliphatic heterocycles. The molecular formula is C16H19N3O5. The van der Waals surface area contributed by atoms with Gasteiger partial charge in [-0.15, -0.1) is 0 Å². The molecule has 0 bridgehead atoms. The first kappa shape index (κ1) is 17.5. The van der Waals surface area contributed by atoms with E-state index < -0.39 is 5.97 Å². The Morgan fingerprint density at radius 2 is 2.04 bits per heavy atom. The van der Waals surface area contributed by atoms with Crippen molar-refractivity contribution in [2.75, 3.05) is 32.8 Å². The molecule has 1 N–H and O–H groups in total. The van der Waals surface area contributed by atoms with Gasteiger partial charge in [0.25, 0.3) is 5.91 Å². The fourth-order valence-electron chi connectivity index (χ4n) is 1.99. The lowest BCUT2D eigenvalue weighted by atomic mass is 10.2. The van der Waals surface area contributed by atoms with Crippen LogP contribution in [0.2, 0.25) is 0 Å². The van der Waals surface area contributed by atoms with Crippen LogP contribution in [0, 0.1) is 0 Å². The molecule has 1 heterocycles. The van der Waals surface area contributed by atoms with Crippen LogP contribution in [0.1, 0.15) is 20.8 Å². The average Bonchev–Trinajstić information content (AvgIpc) is 3.01. The van der Waals surface area contributed by atoms with Gasteiger partial charge in [0.05, 0.1) is 37.5 Å². The van der Waals surface area contributed by atoms with Gasteiger partial charge in [-0.25, -0.2) is 9.78 Å². The van der Waals surface area contributed by atoms with Gasteiger partial charge in [0, 0.05) is 14.2 Å². The van der Waals surface area contributed by atoms with E-state index in [-0.39, 0.29) is 12.5 Å². The Hall–Kier alpha value is -2.87. The molecule has 1 aromatic heterocycles. The molecule has 8 heteroatoms. The van der Waals surface area contributed by atoms with E-state index in [0.29, 0.717) is 29.3 Å². The fourth-order valence-corrected chi connectivity index (χ4v) is 1.99. The van der Waals surface area contributed by atoms with Crippen LogP contribution < -0.4 is 10.1 Å². The van der Waals surface area contributed by atoms with Gasteiger partial charge in [-0.2, -0.15) is 0 Å². The van der Waals surface area contributed by atoms with Gasteiger partial charge in [0.1, 0.15) is 18.1 Å². The van der Waals surface area contributed by atoms with E-state index in [1.807, 2.05) is 0 Å². The van der Waals surface area contributed by atoms with Crippen molar-refractivity contribution >= 4 is 17.6 Å². The lowest BCUT2D eigenvalue weighted by Gasteiger charge is -2.13. The van der Waals surface area contributed by atoms with Crippen molar-refractivity contribution < 1.29 is 23.8 Å². The smallest absolute Gasteiger partial charge is 0.337 e. The number of carbonyl (C=O) groups excluding carboxylic acids is 2. The molecule has 0 fully saturated rings. The number of rotatable bonds is 7. The largest absolute Gasteiger partial charge is 0.489 e. The number of nitrogens with zero attached hydrogens (tertiary/aromatic N) is 2. The fraction of sp³-hybridized carbons (Fsp3) is 0.312. The second-order valence-electron chi connectivity index (χ2n) is 4.89. The number of esters is 1. The normalized spacial score (nSPS) is 10.3. The van der Waals surface area contributed by atoms with Crippen molar-refractivity contribution in [2.24, 2.45) is 7.05 Å². The summed E-state index contributed by atoms with van der Waals surface area (Å²) in [7, 11) is 4.57. The highest BCUT2D eigenvalue weighted by Crippen LogP contribution is 2.27. The minimum Gasteiger partial charge on any atom is -0.489 e. The molecule has 2 aromatic rings. The minimum atomic E-state index is -0.490. The average molecular weight is 333 g/mol. The summed E-state index contributed by atoms with van der Waals surface area (Å²) < 4.78 is 16.8. The number of benzene rings is 1. The van der Waals surface area contributed by atoms with Gasteiger partial charge in [0.15, 0.2) is 0 Å². The van der Waals surface area contributed by atoms with Crippen molar-refractivity contribution in [1.29, 1.82) is 0 Å². The molecule has 0 radical (unpaired) electrons. The zero-order valence-corrected chi connectivity index (χ0v) is 13.7. The number of anilines is 1. The highest BCUT2D eigenvalue weighted by Gasteiger charge is 2.15. The molecule has 0 saturated heterocycles. The summed E-state index contributed by atoms with van der Waals surface area (Å²) >= 11 is 0. The number of hydrogen-bond donors (Lipinski definition) is 1. The van der Waals surface area contributed by atoms with Crippen LogP contribution in [0.3, 0.4) is 0 Å². The molecule has 0 spiro atoms. The van der Waals surface area contributed by atoms with Crippen molar-refractivity contribution in [3.8, 4) is 5.75 Å². The Morgan fingerprint density at radius 3 is 2.67 bits per heavy atom. The third-order valence-electron chi connectivity index (χ3n) is 3.25. The van der Waals surface area contributed by atoms with E-state index in [1.165, 1.54) is 25.7 Å². The first-order valence-electron chi connectivity index (χ1n) is 7.18. The van der Waals surface area contributed by atoms with Crippen LogP contribution in [0.5, 0.6) is 5.75 Å². The van der Waals surface area contributed by atoms with E-state index in [9.17, 15) is 9.59 Å². The van der Waals surface area contributed by atoms with E-state index >= 15 is 0 Å². The Morgan fingerprint density at radius 1 is 1.25 bits per heavy atom. The maximum Gasteiger partial charge on any atom is 0.337 e. The van der Waals surface area contributed by atoms with Gasteiger partial charge in [-0.1, -0.05) is 0 Å². The van der Waals surface area contributed by atoms with Crippen LogP contribution in [-0.2, 0) is 16.5 Å². The van der Waals surface area contributed by atoms with Crippen molar-refractivity contribution in [3.63, 3.8) is 0 Å². The standard InChI is InChI=1S/C16H19N3O5/c1-19-10-17-9-13(19)15(20)18-12-5-4-11(16(21)23-3)8-14(12)24-7-6-22-2/h4-5,8-10H,6-7H2,1-3H3,(H,18,20). The van der Waals surface area contributed by atoms with E-state index in [4.69, 9.17) is 14.2 Å². The van der Waals surface area contributed by atoms with Crippen LogP contribution in [0.15, 0.2) is 30.7 Å². The first-order chi connectivity index (χ1) is 11.6. The number of nitrogens with one attached hydrogen (secondary N) is 1. The number of imidazole rings is 1. The number of aryl methyl sites for hydroxylation is 1.